The predicted octanol–water partition coefficient (Wildman–Crippen LogP) is 0.476. The molecule has 5 heteroatoms. The van der Waals surface area contributed by atoms with Gasteiger partial charge in [-0.25, -0.2) is 4.79 Å². The average molecular weight is 254 g/mol. The van der Waals surface area contributed by atoms with Gasteiger partial charge in [-0.2, -0.15) is 0 Å². The Morgan fingerprint density at radius 3 is 2.67 bits per heavy atom. The molecule has 0 aromatic rings. The van der Waals surface area contributed by atoms with E-state index in [0.29, 0.717) is 6.04 Å². The molecule has 0 bridgehead atoms. The summed E-state index contributed by atoms with van der Waals surface area (Å²) in [5.74, 6) is 0. The van der Waals surface area contributed by atoms with Gasteiger partial charge in [0, 0.05) is 32.2 Å². The fourth-order valence-electron chi connectivity index (χ4n) is 2.91. The molecule has 0 saturated carbocycles. The zero-order valence-electron chi connectivity index (χ0n) is 11.5. The highest BCUT2D eigenvalue weighted by atomic mass is 16.2. The highest BCUT2D eigenvalue weighted by molar-refractivity contribution is 5.76. The highest BCUT2D eigenvalue weighted by Crippen LogP contribution is 2.12. The Labute approximate surface area is 110 Å². The van der Waals surface area contributed by atoms with Gasteiger partial charge in [-0.05, 0) is 38.9 Å². The van der Waals surface area contributed by atoms with Crippen molar-refractivity contribution in [2.45, 2.75) is 32.2 Å². The molecule has 2 amide bonds. The maximum absolute atomic E-state index is 11.5. The van der Waals surface area contributed by atoms with Crippen LogP contribution in [0.15, 0.2) is 0 Å². The monoisotopic (exact) mass is 254 g/mol. The lowest BCUT2D eigenvalue weighted by molar-refractivity contribution is 0.146. The molecule has 0 radical (unpaired) electrons. The van der Waals surface area contributed by atoms with E-state index in [0.717, 1.165) is 45.8 Å². The van der Waals surface area contributed by atoms with Crippen LogP contribution in [0, 0.1) is 0 Å². The van der Waals surface area contributed by atoms with Gasteiger partial charge in [-0.1, -0.05) is 6.92 Å². The van der Waals surface area contributed by atoms with Gasteiger partial charge in [0.25, 0.3) is 0 Å². The van der Waals surface area contributed by atoms with E-state index >= 15 is 0 Å². The van der Waals surface area contributed by atoms with Crippen LogP contribution in [0.4, 0.5) is 4.79 Å². The molecule has 0 aromatic heterocycles. The number of urea groups is 1. The molecule has 0 aliphatic carbocycles. The Balaban J connectivity index is 1.79. The number of hydrogen-bond donors (Lipinski definition) is 2. The molecule has 2 heterocycles. The molecule has 2 fully saturated rings. The normalized spacial score (nSPS) is 21.7. The van der Waals surface area contributed by atoms with Crippen LogP contribution in [-0.4, -0.2) is 67.7 Å². The van der Waals surface area contributed by atoms with Gasteiger partial charge in [-0.3, -0.25) is 4.90 Å². The molecule has 0 spiro atoms. The molecule has 2 rings (SSSR count). The summed E-state index contributed by atoms with van der Waals surface area (Å²) >= 11 is 0. The van der Waals surface area contributed by atoms with E-state index in [4.69, 9.17) is 0 Å². The summed E-state index contributed by atoms with van der Waals surface area (Å²) in [5, 5.41) is 6.28. The number of nitrogens with one attached hydrogen (secondary N) is 2. The first kappa shape index (κ1) is 13.6. The molecule has 2 N–H and O–H groups in total. The van der Waals surface area contributed by atoms with Crippen LogP contribution >= 0.6 is 0 Å². The van der Waals surface area contributed by atoms with E-state index in [2.05, 4.69) is 22.5 Å². The van der Waals surface area contributed by atoms with Gasteiger partial charge in [-0.15, -0.1) is 0 Å². The molecule has 5 nitrogen and oxygen atoms in total. The van der Waals surface area contributed by atoms with Crippen molar-refractivity contribution in [3.8, 4) is 0 Å². The lowest BCUT2D eigenvalue weighted by Crippen LogP contribution is -2.46. The van der Waals surface area contributed by atoms with Gasteiger partial charge in [0.1, 0.15) is 0 Å². The molecule has 2 saturated heterocycles. The Kier molecular flexibility index (Phi) is 5.26. The first-order valence-electron chi connectivity index (χ1n) is 7.29. The summed E-state index contributed by atoms with van der Waals surface area (Å²) in [6.45, 7) is 9.22. The lowest BCUT2D eigenvalue weighted by Gasteiger charge is -2.35. The fraction of sp³-hybridized carbons (Fsp3) is 0.923. The van der Waals surface area contributed by atoms with E-state index in [-0.39, 0.29) is 6.03 Å². The van der Waals surface area contributed by atoms with Crippen LogP contribution < -0.4 is 10.6 Å². The SMILES string of the molecule is CCCN(CCN1CCNC1=O)C1CCNCC1. The van der Waals surface area contributed by atoms with Crippen molar-refractivity contribution in [3.63, 3.8) is 0 Å². The van der Waals surface area contributed by atoms with Gasteiger partial charge < -0.3 is 15.5 Å². The Morgan fingerprint density at radius 2 is 2.06 bits per heavy atom. The number of rotatable bonds is 6. The van der Waals surface area contributed by atoms with Crippen molar-refractivity contribution < 1.29 is 4.79 Å². The summed E-state index contributed by atoms with van der Waals surface area (Å²) in [6.07, 6.45) is 3.68. The number of carbonyl (C=O) groups is 1. The van der Waals surface area contributed by atoms with Gasteiger partial charge in [0.2, 0.25) is 0 Å². The van der Waals surface area contributed by atoms with Crippen molar-refractivity contribution in [2.75, 3.05) is 45.8 Å². The molecular weight excluding hydrogens is 228 g/mol. The first-order valence-corrected chi connectivity index (χ1v) is 7.29. The maximum atomic E-state index is 11.5. The van der Waals surface area contributed by atoms with E-state index in [1.54, 1.807) is 0 Å². The molecular formula is C13H26N4O. The second kappa shape index (κ2) is 6.95. The van der Waals surface area contributed by atoms with Crippen molar-refractivity contribution >= 4 is 6.03 Å². The largest absolute Gasteiger partial charge is 0.336 e. The zero-order valence-corrected chi connectivity index (χ0v) is 11.5. The van der Waals surface area contributed by atoms with Gasteiger partial charge >= 0.3 is 6.03 Å². The van der Waals surface area contributed by atoms with Crippen LogP contribution in [0.2, 0.25) is 0 Å². The lowest BCUT2D eigenvalue weighted by atomic mass is 10.0. The summed E-state index contributed by atoms with van der Waals surface area (Å²) < 4.78 is 0. The topological polar surface area (TPSA) is 47.6 Å². The third-order valence-electron chi connectivity index (χ3n) is 3.94. The number of piperidine rings is 1. The van der Waals surface area contributed by atoms with Gasteiger partial charge in [0.05, 0.1) is 0 Å². The quantitative estimate of drug-likeness (QED) is 0.724. The molecule has 0 atom stereocenters. The van der Waals surface area contributed by atoms with Crippen LogP contribution in [0.1, 0.15) is 26.2 Å². The van der Waals surface area contributed by atoms with Crippen LogP contribution in [0.3, 0.4) is 0 Å². The van der Waals surface area contributed by atoms with E-state index in [1.165, 1.54) is 19.3 Å². The minimum atomic E-state index is 0.108. The Bertz CT molecular complexity index is 266. The maximum Gasteiger partial charge on any atom is 0.317 e. The number of hydrogen-bond acceptors (Lipinski definition) is 3. The number of carbonyl (C=O) groups excluding carboxylic acids is 1. The molecule has 2 aliphatic rings. The van der Waals surface area contributed by atoms with Crippen LogP contribution in [0.5, 0.6) is 0 Å². The van der Waals surface area contributed by atoms with Crippen LogP contribution in [-0.2, 0) is 0 Å². The minimum absolute atomic E-state index is 0.108. The van der Waals surface area contributed by atoms with E-state index in [1.807, 2.05) is 4.90 Å². The number of nitrogens with zero attached hydrogens (tertiary/aromatic N) is 2. The summed E-state index contributed by atoms with van der Waals surface area (Å²) in [4.78, 5) is 16.0. The second-order valence-corrected chi connectivity index (χ2v) is 5.24. The van der Waals surface area contributed by atoms with Gasteiger partial charge in [0.15, 0.2) is 0 Å². The molecule has 2 aliphatic heterocycles. The first-order chi connectivity index (χ1) is 8.81. The second-order valence-electron chi connectivity index (χ2n) is 5.24. The van der Waals surface area contributed by atoms with Crippen LogP contribution in [0.25, 0.3) is 0 Å². The molecule has 0 aromatic carbocycles. The number of amides is 2. The smallest absolute Gasteiger partial charge is 0.317 e. The zero-order chi connectivity index (χ0) is 12.8. The van der Waals surface area contributed by atoms with E-state index < -0.39 is 0 Å². The summed E-state index contributed by atoms with van der Waals surface area (Å²) in [7, 11) is 0. The highest BCUT2D eigenvalue weighted by Gasteiger charge is 2.23. The Hall–Kier alpha value is -0.810. The third kappa shape index (κ3) is 3.59. The third-order valence-corrected chi connectivity index (χ3v) is 3.94. The van der Waals surface area contributed by atoms with Crippen molar-refractivity contribution in [1.82, 2.24) is 20.4 Å². The predicted molar refractivity (Wildman–Crippen MR) is 72.7 cm³/mol. The molecule has 18 heavy (non-hydrogen) atoms. The standard InChI is InChI=1S/C13H26N4O/c1-2-8-16(12-3-5-14-6-4-12)10-11-17-9-7-15-13(17)18/h12,14H,2-11H2,1H3,(H,15,18). The van der Waals surface area contributed by atoms with Crippen molar-refractivity contribution in [1.29, 1.82) is 0 Å². The average Bonchev–Trinajstić information content (AvgIpc) is 2.81. The minimum Gasteiger partial charge on any atom is -0.336 e. The fourth-order valence-corrected chi connectivity index (χ4v) is 2.91. The summed E-state index contributed by atoms with van der Waals surface area (Å²) in [5.41, 5.74) is 0. The van der Waals surface area contributed by atoms with Crippen molar-refractivity contribution in [3.05, 3.63) is 0 Å². The van der Waals surface area contributed by atoms with E-state index in [9.17, 15) is 4.79 Å². The molecule has 0 unspecified atom stereocenters. The molecule has 104 valence electrons. The Morgan fingerprint density at radius 1 is 1.28 bits per heavy atom. The van der Waals surface area contributed by atoms with Crippen molar-refractivity contribution in [2.24, 2.45) is 0 Å². The summed E-state index contributed by atoms with van der Waals surface area (Å²) in [6, 6.07) is 0.814.